The van der Waals surface area contributed by atoms with E-state index in [0.717, 1.165) is 65.4 Å². The number of aromatic nitrogens is 3. The van der Waals surface area contributed by atoms with Crippen molar-refractivity contribution >= 4 is 39.0 Å². The van der Waals surface area contributed by atoms with Crippen molar-refractivity contribution in [2.75, 3.05) is 25.0 Å². The quantitative estimate of drug-likeness (QED) is 0.330. The summed E-state index contributed by atoms with van der Waals surface area (Å²) in [5.41, 5.74) is 3.60. The largest absolute Gasteiger partial charge is 0.508 e. The van der Waals surface area contributed by atoms with E-state index in [1.807, 2.05) is 47.0 Å². The van der Waals surface area contributed by atoms with E-state index in [0.29, 0.717) is 16.7 Å². The predicted molar refractivity (Wildman–Crippen MR) is 136 cm³/mol. The van der Waals surface area contributed by atoms with Crippen LogP contribution in [0.5, 0.6) is 5.75 Å². The second-order valence-corrected chi connectivity index (χ2v) is 9.79. The number of fused-ring (bicyclic) bond motifs is 1. The summed E-state index contributed by atoms with van der Waals surface area (Å²) < 4.78 is 2.67. The summed E-state index contributed by atoms with van der Waals surface area (Å²) in [7, 11) is 0. The third kappa shape index (κ3) is 5.00. The van der Waals surface area contributed by atoms with E-state index in [9.17, 15) is 5.11 Å². The summed E-state index contributed by atoms with van der Waals surface area (Å²) >= 11 is 10.0. The molecule has 2 aromatic heterocycles. The molecule has 0 aliphatic carbocycles. The molecule has 170 valence electrons. The molecule has 0 bridgehead atoms. The van der Waals surface area contributed by atoms with Crippen LogP contribution in [0.1, 0.15) is 18.4 Å². The number of benzene rings is 2. The van der Waals surface area contributed by atoms with Gasteiger partial charge in [0.15, 0.2) is 5.65 Å². The molecule has 5 rings (SSSR count). The van der Waals surface area contributed by atoms with Crippen molar-refractivity contribution in [3.8, 4) is 17.0 Å². The van der Waals surface area contributed by atoms with Crippen molar-refractivity contribution in [2.24, 2.45) is 5.92 Å². The topological polar surface area (TPSA) is 65.7 Å². The van der Waals surface area contributed by atoms with Gasteiger partial charge in [-0.25, -0.2) is 4.98 Å². The number of halogens is 2. The second-order valence-electron chi connectivity index (χ2n) is 8.53. The number of nitrogens with zero attached hydrogens (tertiary/aromatic N) is 4. The number of phenolic OH excluding ortho intramolecular Hbond substituents is 1. The average molecular weight is 527 g/mol. The summed E-state index contributed by atoms with van der Waals surface area (Å²) in [6.07, 6.45) is 4.11. The number of aromatic hydroxyl groups is 1. The Morgan fingerprint density at radius 1 is 1.15 bits per heavy atom. The maximum absolute atomic E-state index is 9.76. The minimum Gasteiger partial charge on any atom is -0.508 e. The van der Waals surface area contributed by atoms with E-state index in [2.05, 4.69) is 37.3 Å². The number of nitrogens with one attached hydrogen (secondary N) is 1. The van der Waals surface area contributed by atoms with E-state index >= 15 is 0 Å². The molecule has 1 saturated heterocycles. The molecule has 0 radical (unpaired) electrons. The molecule has 2 N–H and O–H groups in total. The zero-order valence-electron chi connectivity index (χ0n) is 18.1. The van der Waals surface area contributed by atoms with E-state index in [1.54, 1.807) is 12.3 Å². The Kier molecular flexibility index (Phi) is 6.53. The van der Waals surface area contributed by atoms with Gasteiger partial charge in [0.05, 0.1) is 16.4 Å². The first-order chi connectivity index (χ1) is 16.1. The van der Waals surface area contributed by atoms with Gasteiger partial charge in [-0.05, 0) is 65.0 Å². The molecule has 8 heteroatoms. The van der Waals surface area contributed by atoms with Crippen molar-refractivity contribution < 1.29 is 5.11 Å². The smallest absolute Gasteiger partial charge is 0.172 e. The third-order valence-electron chi connectivity index (χ3n) is 6.07. The maximum Gasteiger partial charge on any atom is 0.172 e. The molecule has 6 nitrogen and oxygen atoms in total. The van der Waals surface area contributed by atoms with Crippen LogP contribution in [-0.4, -0.2) is 44.2 Å². The molecule has 0 spiro atoms. The SMILES string of the molecule is Oc1cccc(CN2CCCC(CNc3cc(-c4ccccc4Cl)nc4c(Br)cnn34)C2)c1. The van der Waals surface area contributed by atoms with Gasteiger partial charge in [-0.15, -0.1) is 0 Å². The molecule has 0 saturated carbocycles. The lowest BCUT2D eigenvalue weighted by Gasteiger charge is -2.33. The van der Waals surface area contributed by atoms with Crippen molar-refractivity contribution in [3.05, 3.63) is 75.9 Å². The van der Waals surface area contributed by atoms with E-state index in [1.165, 1.54) is 6.42 Å². The van der Waals surface area contributed by atoms with Crippen LogP contribution >= 0.6 is 27.5 Å². The van der Waals surface area contributed by atoms with Crippen LogP contribution in [0.15, 0.2) is 65.3 Å². The minimum atomic E-state index is 0.323. The number of rotatable bonds is 6. The molecule has 1 atom stereocenters. The van der Waals surface area contributed by atoms with E-state index < -0.39 is 0 Å². The van der Waals surface area contributed by atoms with Crippen molar-refractivity contribution in [3.63, 3.8) is 0 Å². The molecule has 0 amide bonds. The van der Waals surface area contributed by atoms with Crippen LogP contribution in [0.4, 0.5) is 5.82 Å². The Balaban J connectivity index is 1.33. The maximum atomic E-state index is 9.76. The highest BCUT2D eigenvalue weighted by molar-refractivity contribution is 9.10. The average Bonchev–Trinajstić information content (AvgIpc) is 3.19. The van der Waals surface area contributed by atoms with Crippen LogP contribution in [0.25, 0.3) is 16.9 Å². The Labute approximate surface area is 206 Å². The highest BCUT2D eigenvalue weighted by Crippen LogP contribution is 2.30. The Bertz CT molecular complexity index is 1280. The van der Waals surface area contributed by atoms with Gasteiger partial charge in [0.25, 0.3) is 0 Å². The Morgan fingerprint density at radius 2 is 2.03 bits per heavy atom. The van der Waals surface area contributed by atoms with Gasteiger partial charge in [0, 0.05) is 36.3 Å². The van der Waals surface area contributed by atoms with Gasteiger partial charge in [-0.1, -0.05) is 41.9 Å². The fraction of sp³-hybridized carbons (Fsp3) is 0.280. The minimum absolute atomic E-state index is 0.323. The lowest BCUT2D eigenvalue weighted by Crippen LogP contribution is -2.37. The standard InChI is InChI=1S/C25H25BrClN5O/c26-21-14-29-32-24(12-23(30-25(21)32)20-8-1-2-9-22(20)27)28-13-18-6-4-10-31(16-18)15-17-5-3-7-19(33)11-17/h1-3,5,7-9,11-12,14,18,28,33H,4,6,10,13,15-16H2. The van der Waals surface area contributed by atoms with Crippen molar-refractivity contribution in [2.45, 2.75) is 19.4 Å². The lowest BCUT2D eigenvalue weighted by molar-refractivity contribution is 0.173. The van der Waals surface area contributed by atoms with Crippen LogP contribution in [0.2, 0.25) is 5.02 Å². The number of hydrogen-bond acceptors (Lipinski definition) is 5. The molecular formula is C25H25BrClN5O. The first kappa shape index (κ1) is 22.2. The highest BCUT2D eigenvalue weighted by Gasteiger charge is 2.21. The van der Waals surface area contributed by atoms with Gasteiger partial charge in [0.1, 0.15) is 11.6 Å². The molecule has 2 aromatic carbocycles. The molecule has 1 fully saturated rings. The Morgan fingerprint density at radius 3 is 2.88 bits per heavy atom. The van der Waals surface area contributed by atoms with Gasteiger partial charge in [-0.2, -0.15) is 9.61 Å². The zero-order chi connectivity index (χ0) is 22.8. The normalized spacial score (nSPS) is 16.8. The molecule has 4 aromatic rings. The van der Waals surface area contributed by atoms with Crippen LogP contribution in [0.3, 0.4) is 0 Å². The van der Waals surface area contributed by atoms with E-state index in [-0.39, 0.29) is 0 Å². The summed E-state index contributed by atoms with van der Waals surface area (Å²) in [5, 5.41) is 18.6. The molecule has 1 unspecified atom stereocenters. The first-order valence-electron chi connectivity index (χ1n) is 11.1. The van der Waals surface area contributed by atoms with E-state index in [4.69, 9.17) is 16.6 Å². The second kappa shape index (κ2) is 9.71. The summed E-state index contributed by atoms with van der Waals surface area (Å²) in [6.45, 7) is 3.79. The zero-order valence-corrected chi connectivity index (χ0v) is 20.4. The highest BCUT2D eigenvalue weighted by atomic mass is 79.9. The Hall–Kier alpha value is -2.61. The molecule has 3 heterocycles. The fourth-order valence-electron chi connectivity index (χ4n) is 4.49. The summed E-state index contributed by atoms with van der Waals surface area (Å²) in [5.74, 6) is 1.73. The molecule has 1 aliphatic heterocycles. The van der Waals surface area contributed by atoms with Crippen molar-refractivity contribution in [1.82, 2.24) is 19.5 Å². The first-order valence-corrected chi connectivity index (χ1v) is 12.3. The number of phenols is 1. The third-order valence-corrected chi connectivity index (χ3v) is 6.96. The summed E-state index contributed by atoms with van der Waals surface area (Å²) in [4.78, 5) is 7.25. The van der Waals surface area contributed by atoms with Gasteiger partial charge < -0.3 is 10.4 Å². The molecule has 1 aliphatic rings. The number of piperidine rings is 1. The van der Waals surface area contributed by atoms with Gasteiger partial charge in [-0.3, -0.25) is 4.90 Å². The monoisotopic (exact) mass is 525 g/mol. The number of hydrogen-bond donors (Lipinski definition) is 2. The van der Waals surface area contributed by atoms with Crippen LogP contribution in [-0.2, 0) is 6.54 Å². The summed E-state index contributed by atoms with van der Waals surface area (Å²) in [6, 6.07) is 17.3. The molecular weight excluding hydrogens is 502 g/mol. The number of likely N-dealkylation sites (tertiary alicyclic amines) is 1. The molecule has 33 heavy (non-hydrogen) atoms. The lowest BCUT2D eigenvalue weighted by atomic mass is 9.97. The predicted octanol–water partition coefficient (Wildman–Crippen LogP) is 5.84. The van der Waals surface area contributed by atoms with Gasteiger partial charge in [0.2, 0.25) is 0 Å². The van der Waals surface area contributed by atoms with Gasteiger partial charge >= 0.3 is 0 Å². The number of anilines is 1. The fourth-order valence-corrected chi connectivity index (χ4v) is 5.07. The van der Waals surface area contributed by atoms with Crippen LogP contribution in [0, 0.1) is 5.92 Å². The van der Waals surface area contributed by atoms with Crippen LogP contribution < -0.4 is 5.32 Å². The van der Waals surface area contributed by atoms with Crippen molar-refractivity contribution in [1.29, 1.82) is 0 Å².